The standard InChI is InChI=1S/C54H32N4O/c1-2-11-33(12-3-1)34-21-26-38(27-22-34)57-45-18-8-6-15-40(45)42-31-36(24-28-46(42)57)37-25-29-47-43(32-37)51-39-14-5-4-13-35(39)23-30-48(51)58(47)54-55-44-17-10-20-50-52(44)53(56-54)41-16-7-9-19-49(41)59-50/h1-32H. The first-order valence-corrected chi connectivity index (χ1v) is 20.0. The number of hydrogen-bond acceptors (Lipinski definition) is 3. The van der Waals surface area contributed by atoms with E-state index in [0.717, 1.165) is 61.3 Å². The van der Waals surface area contributed by atoms with Gasteiger partial charge in [-0.15, -0.1) is 0 Å². The summed E-state index contributed by atoms with van der Waals surface area (Å²) in [6.07, 6.45) is 0. The van der Waals surface area contributed by atoms with Crippen LogP contribution in [-0.2, 0) is 0 Å². The Labute approximate surface area is 338 Å². The highest BCUT2D eigenvalue weighted by molar-refractivity contribution is 6.22. The first kappa shape index (κ1) is 32.1. The quantitative estimate of drug-likeness (QED) is 0.180. The van der Waals surface area contributed by atoms with Crippen LogP contribution in [0.1, 0.15) is 0 Å². The minimum absolute atomic E-state index is 0.635. The molecule has 59 heavy (non-hydrogen) atoms. The molecule has 1 aliphatic rings. The largest absolute Gasteiger partial charge is 0.456 e. The minimum atomic E-state index is 0.635. The molecule has 0 saturated heterocycles. The molecule has 0 unspecified atom stereocenters. The van der Waals surface area contributed by atoms with Crippen LogP contribution < -0.4 is 4.74 Å². The van der Waals surface area contributed by atoms with Crippen LogP contribution in [0.3, 0.4) is 0 Å². The molecule has 4 heterocycles. The molecule has 0 saturated carbocycles. The predicted molar refractivity (Wildman–Crippen MR) is 242 cm³/mol. The lowest BCUT2D eigenvalue weighted by Gasteiger charge is -2.21. The number of aromatic nitrogens is 4. The summed E-state index contributed by atoms with van der Waals surface area (Å²) >= 11 is 0. The Hall–Kier alpha value is -8.02. The fourth-order valence-corrected chi connectivity index (χ4v) is 9.44. The summed E-state index contributed by atoms with van der Waals surface area (Å²) in [4.78, 5) is 10.6. The molecule has 5 heteroatoms. The molecule has 5 nitrogen and oxygen atoms in total. The molecule has 0 spiro atoms. The van der Waals surface area contributed by atoms with Crippen molar-refractivity contribution in [2.24, 2.45) is 0 Å². The van der Waals surface area contributed by atoms with Crippen LogP contribution in [0, 0.1) is 0 Å². The summed E-state index contributed by atoms with van der Waals surface area (Å²) in [7, 11) is 0. The van der Waals surface area contributed by atoms with Gasteiger partial charge < -0.3 is 9.30 Å². The lowest BCUT2D eigenvalue weighted by molar-refractivity contribution is 0.486. The maximum Gasteiger partial charge on any atom is 0.235 e. The van der Waals surface area contributed by atoms with E-state index in [-0.39, 0.29) is 0 Å². The number of nitrogens with zero attached hydrogens (tertiary/aromatic N) is 4. The zero-order chi connectivity index (χ0) is 38.6. The fourth-order valence-electron chi connectivity index (χ4n) is 9.44. The van der Waals surface area contributed by atoms with Gasteiger partial charge in [-0.3, -0.25) is 4.57 Å². The Kier molecular flexibility index (Phi) is 6.66. The van der Waals surface area contributed by atoms with Gasteiger partial charge in [0.25, 0.3) is 0 Å². The van der Waals surface area contributed by atoms with E-state index in [9.17, 15) is 0 Å². The predicted octanol–water partition coefficient (Wildman–Crippen LogP) is 14.1. The zero-order valence-corrected chi connectivity index (χ0v) is 31.7. The SMILES string of the molecule is c1ccc(-c2ccc(-n3c4ccccc4c4cc(-c5ccc6c(c5)c5c7ccccc7ccc5n6-c5nc6c7c(cccc7n5)Oc5ccccc5-6)ccc43)cc2)cc1. The van der Waals surface area contributed by atoms with Gasteiger partial charge in [-0.25, -0.2) is 9.97 Å². The summed E-state index contributed by atoms with van der Waals surface area (Å²) in [6, 6.07) is 69.2. The molecule has 3 aromatic heterocycles. The molecular formula is C54H32N4O. The molecule has 0 fully saturated rings. The second-order valence-electron chi connectivity index (χ2n) is 15.4. The minimum Gasteiger partial charge on any atom is -0.456 e. The van der Waals surface area contributed by atoms with E-state index in [4.69, 9.17) is 14.7 Å². The zero-order valence-electron chi connectivity index (χ0n) is 31.7. The summed E-state index contributed by atoms with van der Waals surface area (Å²) in [5.41, 5.74) is 13.1. The van der Waals surface area contributed by atoms with Crippen molar-refractivity contribution in [3.8, 4) is 56.6 Å². The Bertz CT molecular complexity index is 3690. The normalized spacial score (nSPS) is 12.2. The average molecular weight is 753 g/mol. The van der Waals surface area contributed by atoms with Gasteiger partial charge in [0.05, 0.1) is 38.7 Å². The number of benzene rings is 9. The summed E-state index contributed by atoms with van der Waals surface area (Å²) in [6.45, 7) is 0. The molecule has 274 valence electrons. The van der Waals surface area contributed by atoms with E-state index in [0.29, 0.717) is 5.95 Å². The van der Waals surface area contributed by atoms with E-state index in [2.05, 4.69) is 173 Å². The van der Waals surface area contributed by atoms with Crippen molar-refractivity contribution in [2.45, 2.75) is 0 Å². The third kappa shape index (κ3) is 4.73. The van der Waals surface area contributed by atoms with E-state index in [1.807, 2.05) is 30.3 Å². The highest BCUT2D eigenvalue weighted by Gasteiger charge is 2.25. The second kappa shape index (κ2) is 12.2. The second-order valence-corrected chi connectivity index (χ2v) is 15.4. The van der Waals surface area contributed by atoms with Crippen LogP contribution in [0.15, 0.2) is 194 Å². The highest BCUT2D eigenvalue weighted by Crippen LogP contribution is 2.46. The Morgan fingerprint density at radius 3 is 1.88 bits per heavy atom. The van der Waals surface area contributed by atoms with Gasteiger partial charge in [0.1, 0.15) is 11.5 Å². The number of rotatable bonds is 4. The third-order valence-electron chi connectivity index (χ3n) is 12.1. The van der Waals surface area contributed by atoms with Gasteiger partial charge in [0.2, 0.25) is 5.95 Å². The maximum absolute atomic E-state index is 6.33. The monoisotopic (exact) mass is 752 g/mol. The molecule has 9 aromatic carbocycles. The van der Waals surface area contributed by atoms with Crippen LogP contribution in [0.2, 0.25) is 0 Å². The van der Waals surface area contributed by atoms with Gasteiger partial charge in [-0.2, -0.15) is 0 Å². The topological polar surface area (TPSA) is 44.9 Å². The molecule has 0 bridgehead atoms. The van der Waals surface area contributed by atoms with Crippen molar-refractivity contribution in [2.75, 3.05) is 0 Å². The molecule has 0 N–H and O–H groups in total. The van der Waals surface area contributed by atoms with Gasteiger partial charge in [0.15, 0.2) is 0 Å². The van der Waals surface area contributed by atoms with E-state index in [1.54, 1.807) is 0 Å². The van der Waals surface area contributed by atoms with Gasteiger partial charge >= 0.3 is 0 Å². The molecule has 1 aliphatic heterocycles. The van der Waals surface area contributed by atoms with Crippen LogP contribution in [-0.4, -0.2) is 19.1 Å². The number of ether oxygens (including phenoxy) is 1. The molecule has 13 rings (SSSR count). The lowest BCUT2D eigenvalue weighted by atomic mass is 9.99. The maximum atomic E-state index is 6.33. The molecule has 0 atom stereocenters. The van der Waals surface area contributed by atoms with Gasteiger partial charge in [0, 0.05) is 32.8 Å². The van der Waals surface area contributed by atoms with Gasteiger partial charge in [-0.1, -0.05) is 121 Å². The molecule has 12 aromatic rings. The summed E-state index contributed by atoms with van der Waals surface area (Å²) in [5.74, 6) is 2.22. The van der Waals surface area contributed by atoms with Crippen molar-refractivity contribution in [1.82, 2.24) is 19.1 Å². The molecule has 0 amide bonds. The third-order valence-corrected chi connectivity index (χ3v) is 12.1. The molecular weight excluding hydrogens is 721 g/mol. The van der Waals surface area contributed by atoms with Crippen LogP contribution in [0.4, 0.5) is 0 Å². The lowest BCUT2D eigenvalue weighted by Crippen LogP contribution is -2.06. The van der Waals surface area contributed by atoms with Crippen molar-refractivity contribution < 1.29 is 4.74 Å². The van der Waals surface area contributed by atoms with Crippen LogP contribution in [0.25, 0.3) is 110 Å². The van der Waals surface area contributed by atoms with Crippen molar-refractivity contribution in [1.29, 1.82) is 0 Å². The number of fused-ring (bicyclic) bond motifs is 10. The molecule has 0 radical (unpaired) electrons. The average Bonchev–Trinajstić information content (AvgIpc) is 3.82. The van der Waals surface area contributed by atoms with Crippen molar-refractivity contribution in [3.05, 3.63) is 194 Å². The summed E-state index contributed by atoms with van der Waals surface area (Å²) < 4.78 is 11.0. The van der Waals surface area contributed by atoms with Crippen molar-refractivity contribution in [3.63, 3.8) is 0 Å². The van der Waals surface area contributed by atoms with E-state index in [1.165, 1.54) is 54.7 Å². The van der Waals surface area contributed by atoms with Crippen LogP contribution >= 0.6 is 0 Å². The number of hydrogen-bond donors (Lipinski definition) is 0. The highest BCUT2D eigenvalue weighted by atomic mass is 16.5. The Balaban J connectivity index is 1.01. The summed E-state index contributed by atoms with van der Waals surface area (Å²) in [5, 5.41) is 8.13. The fraction of sp³-hybridized carbons (Fsp3) is 0. The van der Waals surface area contributed by atoms with E-state index >= 15 is 0 Å². The smallest absolute Gasteiger partial charge is 0.235 e. The van der Waals surface area contributed by atoms with Crippen molar-refractivity contribution >= 4 is 65.3 Å². The number of para-hydroxylation sites is 2. The van der Waals surface area contributed by atoms with Gasteiger partial charge in [-0.05, 0) is 106 Å². The first-order valence-electron chi connectivity index (χ1n) is 20.0. The first-order chi connectivity index (χ1) is 29.2. The van der Waals surface area contributed by atoms with E-state index < -0.39 is 0 Å². The Morgan fingerprint density at radius 1 is 0.373 bits per heavy atom. The Morgan fingerprint density at radius 2 is 1.02 bits per heavy atom. The molecule has 0 aliphatic carbocycles. The van der Waals surface area contributed by atoms with Crippen LogP contribution in [0.5, 0.6) is 11.5 Å².